The maximum absolute atomic E-state index is 3.19. The predicted octanol–water partition coefficient (Wildman–Crippen LogP) is -4.24. The summed E-state index contributed by atoms with van der Waals surface area (Å²) in [5.74, 6) is 0. The zero-order valence-electron chi connectivity index (χ0n) is 7.70. The predicted molar refractivity (Wildman–Crippen MR) is 38.5 cm³/mol. The van der Waals surface area contributed by atoms with Crippen LogP contribution in [0.2, 0.25) is 0 Å². The molecule has 1 radical (unpaired) electrons. The van der Waals surface area contributed by atoms with Crippen LogP contribution in [-0.4, -0.2) is 4.57 Å². The van der Waals surface area contributed by atoms with Crippen LogP contribution in [0.3, 0.4) is 0 Å². The minimum absolute atomic E-state index is 0. The zero-order valence-corrected chi connectivity index (χ0v) is 11.7. The molecule has 0 spiro atoms. The Balaban J connectivity index is -0.000000270. The summed E-state index contributed by atoms with van der Waals surface area (Å²) < 4.78 is 2.03. The van der Waals surface area contributed by atoms with Gasteiger partial charge in [-0.05, 0) is 7.05 Å². The van der Waals surface area contributed by atoms with Gasteiger partial charge in [-0.15, -0.1) is 11.9 Å². The van der Waals surface area contributed by atoms with Gasteiger partial charge in [0.25, 0.3) is 0 Å². The van der Waals surface area contributed by atoms with E-state index in [0.29, 0.717) is 0 Å². The molecule has 0 bridgehead atoms. The fourth-order valence-electron chi connectivity index (χ4n) is 0.942. The third-order valence-corrected chi connectivity index (χ3v) is 1.94. The van der Waals surface area contributed by atoms with E-state index in [1.54, 1.807) is 0 Å². The maximum atomic E-state index is 3.19. The van der Waals surface area contributed by atoms with Crippen molar-refractivity contribution in [3.8, 4) is 0 Å². The van der Waals surface area contributed by atoms with Crippen LogP contribution in [-0.2, 0) is 33.3 Å². The average Bonchev–Trinajstić information content (AvgIpc) is 1.98. The third-order valence-electron chi connectivity index (χ3n) is 1.94. The molecular formula is C8H12Cl2NZr. The molecule has 12 heavy (non-hydrogen) atoms. The summed E-state index contributed by atoms with van der Waals surface area (Å²) in [4.78, 5) is 0. The minimum atomic E-state index is 0. The van der Waals surface area contributed by atoms with Gasteiger partial charge in [0.1, 0.15) is 0 Å². The van der Waals surface area contributed by atoms with Gasteiger partial charge in [-0.3, -0.25) is 0 Å². The van der Waals surface area contributed by atoms with Gasteiger partial charge in [-0.25, -0.2) is 0 Å². The van der Waals surface area contributed by atoms with Crippen molar-refractivity contribution in [2.24, 2.45) is 7.05 Å². The summed E-state index contributed by atoms with van der Waals surface area (Å²) in [6.07, 6.45) is 3.19. The summed E-state index contributed by atoms with van der Waals surface area (Å²) in [6, 6.07) is 0. The van der Waals surface area contributed by atoms with Crippen LogP contribution in [0.4, 0.5) is 0 Å². The molecular weight excluding hydrogens is 272 g/mol. The van der Waals surface area contributed by atoms with Crippen LogP contribution in [0.5, 0.6) is 0 Å². The van der Waals surface area contributed by atoms with Crippen molar-refractivity contribution in [3.05, 3.63) is 23.0 Å². The van der Waals surface area contributed by atoms with Gasteiger partial charge in [0, 0.05) is 0 Å². The van der Waals surface area contributed by atoms with Crippen molar-refractivity contribution in [2.45, 2.75) is 20.8 Å². The van der Waals surface area contributed by atoms with Crippen molar-refractivity contribution in [2.75, 3.05) is 0 Å². The standard InChI is InChI=1S/C8H12N.2ClH.Zr/c1-6-5-9(4)8(3)7(6)2;;;/h1-4H3;2*1H;/q-1;;;+3/p-2. The van der Waals surface area contributed by atoms with E-state index >= 15 is 0 Å². The second kappa shape index (κ2) is 7.18. The molecule has 0 N–H and O–H groups in total. The van der Waals surface area contributed by atoms with Crippen molar-refractivity contribution in [3.63, 3.8) is 0 Å². The monoisotopic (exact) mass is 282 g/mol. The minimum Gasteiger partial charge on any atom is -1.00 e. The van der Waals surface area contributed by atoms with E-state index in [1.165, 1.54) is 16.8 Å². The number of aryl methyl sites for hydroxylation is 2. The van der Waals surface area contributed by atoms with Crippen LogP contribution in [0.1, 0.15) is 16.8 Å². The van der Waals surface area contributed by atoms with Gasteiger partial charge in [-0.1, -0.05) is 20.8 Å². The fourth-order valence-corrected chi connectivity index (χ4v) is 0.942. The van der Waals surface area contributed by atoms with Gasteiger partial charge in [-0.2, -0.15) is 11.1 Å². The van der Waals surface area contributed by atoms with Crippen LogP contribution in [0, 0.1) is 27.0 Å². The molecule has 0 amide bonds. The molecule has 1 rings (SSSR count). The van der Waals surface area contributed by atoms with E-state index < -0.39 is 0 Å². The molecule has 0 aromatic carbocycles. The summed E-state index contributed by atoms with van der Waals surface area (Å²) in [7, 11) is 2.02. The molecule has 0 saturated heterocycles. The number of hydrogen-bond donors (Lipinski definition) is 0. The molecule has 0 unspecified atom stereocenters. The van der Waals surface area contributed by atoms with Crippen molar-refractivity contribution in [1.29, 1.82) is 0 Å². The zero-order chi connectivity index (χ0) is 7.02. The topological polar surface area (TPSA) is 4.93 Å². The molecule has 0 saturated carbocycles. The van der Waals surface area contributed by atoms with E-state index in [9.17, 15) is 0 Å². The molecule has 4 heteroatoms. The molecule has 0 aliphatic carbocycles. The molecule has 0 aliphatic heterocycles. The van der Waals surface area contributed by atoms with Crippen LogP contribution in [0.15, 0.2) is 0 Å². The molecule has 1 aromatic heterocycles. The normalized spacial score (nSPS) is 7.67. The van der Waals surface area contributed by atoms with E-state index in [0.717, 1.165) is 0 Å². The summed E-state index contributed by atoms with van der Waals surface area (Å²) in [5.41, 5.74) is 3.93. The van der Waals surface area contributed by atoms with Gasteiger partial charge < -0.3 is 29.4 Å². The van der Waals surface area contributed by atoms with Crippen LogP contribution in [0.25, 0.3) is 0 Å². The number of nitrogens with zero attached hydrogens (tertiary/aromatic N) is 1. The molecule has 67 valence electrons. The summed E-state index contributed by atoms with van der Waals surface area (Å²) in [6.45, 7) is 6.32. The Labute approximate surface area is 106 Å². The molecule has 0 fully saturated rings. The van der Waals surface area contributed by atoms with Crippen LogP contribution >= 0.6 is 0 Å². The number of halogens is 2. The summed E-state index contributed by atoms with van der Waals surface area (Å²) >= 11 is 0. The Hall–Kier alpha value is 0.743. The molecule has 1 aromatic rings. The van der Waals surface area contributed by atoms with Crippen molar-refractivity contribution in [1.82, 2.24) is 4.57 Å². The van der Waals surface area contributed by atoms with Crippen molar-refractivity contribution >= 4 is 0 Å². The van der Waals surface area contributed by atoms with Crippen LogP contribution < -0.4 is 24.8 Å². The van der Waals surface area contributed by atoms with E-state index in [-0.39, 0.29) is 51.0 Å². The number of aromatic nitrogens is 1. The second-order valence-corrected chi connectivity index (χ2v) is 2.51. The Morgan fingerprint density at radius 2 is 1.50 bits per heavy atom. The molecule has 0 atom stereocenters. The smallest absolute Gasteiger partial charge is 1.00 e. The Morgan fingerprint density at radius 3 is 1.58 bits per heavy atom. The quantitative estimate of drug-likeness (QED) is 0.426. The number of rotatable bonds is 0. The first-order valence-corrected chi connectivity index (χ1v) is 3.14. The van der Waals surface area contributed by atoms with E-state index in [1.807, 2.05) is 11.6 Å². The largest absolute Gasteiger partial charge is 3.00 e. The van der Waals surface area contributed by atoms with Gasteiger partial charge in [0.05, 0.1) is 0 Å². The Bertz CT molecular complexity index is 211. The maximum Gasteiger partial charge on any atom is 3.00 e. The van der Waals surface area contributed by atoms with Gasteiger partial charge in [0.2, 0.25) is 0 Å². The van der Waals surface area contributed by atoms with E-state index in [4.69, 9.17) is 0 Å². The second-order valence-electron chi connectivity index (χ2n) is 2.51. The third kappa shape index (κ3) is 3.64. The number of hydrogen-bond acceptors (Lipinski definition) is 0. The average molecular weight is 284 g/mol. The first-order chi connectivity index (χ1) is 4.13. The molecule has 1 nitrogen and oxygen atoms in total. The Morgan fingerprint density at radius 1 is 1.08 bits per heavy atom. The van der Waals surface area contributed by atoms with Gasteiger partial charge >= 0.3 is 26.2 Å². The summed E-state index contributed by atoms with van der Waals surface area (Å²) in [5, 5.41) is 0. The first-order valence-electron chi connectivity index (χ1n) is 3.14. The Kier molecular flexibility index (Phi) is 11.1. The van der Waals surface area contributed by atoms with E-state index in [2.05, 4.69) is 27.0 Å². The van der Waals surface area contributed by atoms with Gasteiger partial charge in [0.15, 0.2) is 0 Å². The molecule has 0 aliphatic rings. The SMILES string of the molecule is Cc1[c-]n(C)c(C)c1C.[Cl-].[Cl-].[Zr+3]. The first kappa shape index (κ1) is 18.5. The fraction of sp³-hybridized carbons (Fsp3) is 0.500. The molecule has 1 heterocycles. The van der Waals surface area contributed by atoms with Crippen molar-refractivity contribution < 1.29 is 51.0 Å².